The summed E-state index contributed by atoms with van der Waals surface area (Å²) >= 11 is 1.69. The summed E-state index contributed by atoms with van der Waals surface area (Å²) in [4.78, 5) is 14.8. The number of nitrogens with zero attached hydrogens (tertiary/aromatic N) is 2. The van der Waals surface area contributed by atoms with Crippen molar-refractivity contribution in [2.24, 2.45) is 0 Å². The van der Waals surface area contributed by atoms with Crippen molar-refractivity contribution in [1.82, 2.24) is 10.1 Å². The van der Waals surface area contributed by atoms with E-state index in [2.05, 4.69) is 28.7 Å². The molecule has 0 bridgehead atoms. The number of ether oxygens (including phenoxy) is 2. The van der Waals surface area contributed by atoms with Crippen LogP contribution in [0.3, 0.4) is 0 Å². The Bertz CT molecular complexity index is 1230. The quantitative estimate of drug-likeness (QED) is 0.315. The molecule has 6 nitrogen and oxygen atoms in total. The fourth-order valence-corrected chi connectivity index (χ4v) is 5.24. The Morgan fingerprint density at radius 1 is 1.06 bits per heavy atom. The van der Waals surface area contributed by atoms with E-state index in [4.69, 9.17) is 14.0 Å². The first-order valence-corrected chi connectivity index (χ1v) is 12.2. The third kappa shape index (κ3) is 4.70. The van der Waals surface area contributed by atoms with Crippen molar-refractivity contribution >= 4 is 17.4 Å². The predicted molar refractivity (Wildman–Crippen MR) is 132 cm³/mol. The summed E-state index contributed by atoms with van der Waals surface area (Å²) in [6.07, 6.45) is 1.28. The Balaban J connectivity index is 1.44. The summed E-state index contributed by atoms with van der Waals surface area (Å²) in [6.45, 7) is 1.66. The number of benzene rings is 2. The fraction of sp³-hybridized carbons (Fsp3) is 0.259. The van der Waals surface area contributed by atoms with E-state index >= 15 is 0 Å². The molecule has 174 valence electrons. The fourth-order valence-electron chi connectivity index (χ4n) is 4.33. The van der Waals surface area contributed by atoms with E-state index in [1.165, 1.54) is 17.6 Å². The molecule has 0 spiro atoms. The van der Waals surface area contributed by atoms with Crippen molar-refractivity contribution in [1.29, 1.82) is 0 Å². The maximum Gasteiger partial charge on any atom is 0.409 e. The lowest BCUT2D eigenvalue weighted by Crippen LogP contribution is -2.37. The lowest BCUT2D eigenvalue weighted by molar-refractivity contribution is 0.110. The molecule has 4 aromatic rings. The minimum Gasteiger partial charge on any atom is -0.470 e. The van der Waals surface area contributed by atoms with Crippen LogP contribution in [-0.4, -0.2) is 36.3 Å². The first-order valence-electron chi connectivity index (χ1n) is 11.4. The molecule has 1 saturated heterocycles. The standard InChI is InChI=1S/C27H26N2O4S/c1-31-27(30)29-14-12-21(13-15-29)25-24(22-16-23(34-18-22)20-10-6-3-7-11-20)26(28-33-25)32-17-19-8-4-2-5-9-19/h2-11,16,18,21H,12-15,17H2,1H3. The summed E-state index contributed by atoms with van der Waals surface area (Å²) in [5.74, 6) is 1.48. The van der Waals surface area contributed by atoms with Gasteiger partial charge in [0.25, 0.3) is 5.88 Å². The molecule has 0 unspecified atom stereocenters. The van der Waals surface area contributed by atoms with Crippen LogP contribution in [0.2, 0.25) is 0 Å². The number of methoxy groups -OCH3 is 1. The van der Waals surface area contributed by atoms with E-state index in [0.29, 0.717) is 25.6 Å². The second-order valence-electron chi connectivity index (χ2n) is 8.30. The predicted octanol–water partition coefficient (Wildman–Crippen LogP) is 6.59. The van der Waals surface area contributed by atoms with Gasteiger partial charge in [0.15, 0.2) is 5.76 Å². The Labute approximate surface area is 202 Å². The summed E-state index contributed by atoms with van der Waals surface area (Å²) < 4.78 is 16.9. The maximum atomic E-state index is 11.9. The van der Waals surface area contributed by atoms with E-state index in [1.807, 2.05) is 48.5 Å². The van der Waals surface area contributed by atoms with Crippen molar-refractivity contribution in [3.63, 3.8) is 0 Å². The summed E-state index contributed by atoms with van der Waals surface area (Å²) in [7, 11) is 1.42. The molecule has 0 N–H and O–H groups in total. The number of aromatic nitrogens is 1. The van der Waals surface area contributed by atoms with Crippen molar-refractivity contribution in [2.45, 2.75) is 25.4 Å². The molecular weight excluding hydrogens is 448 g/mol. The van der Waals surface area contributed by atoms with E-state index in [1.54, 1.807) is 16.2 Å². The monoisotopic (exact) mass is 474 g/mol. The smallest absolute Gasteiger partial charge is 0.409 e. The second kappa shape index (κ2) is 10.1. The van der Waals surface area contributed by atoms with Gasteiger partial charge in [-0.25, -0.2) is 4.79 Å². The Morgan fingerprint density at radius 3 is 2.47 bits per heavy atom. The van der Waals surface area contributed by atoms with Gasteiger partial charge in [0, 0.05) is 29.4 Å². The molecule has 0 radical (unpaired) electrons. The molecule has 34 heavy (non-hydrogen) atoms. The van der Waals surface area contributed by atoms with Crippen LogP contribution in [0.1, 0.15) is 30.1 Å². The van der Waals surface area contributed by atoms with Gasteiger partial charge in [0.2, 0.25) is 0 Å². The van der Waals surface area contributed by atoms with Crippen molar-refractivity contribution in [3.8, 4) is 27.4 Å². The zero-order valence-electron chi connectivity index (χ0n) is 19.0. The highest BCUT2D eigenvalue weighted by Gasteiger charge is 2.31. The van der Waals surface area contributed by atoms with Crippen molar-refractivity contribution in [2.75, 3.05) is 20.2 Å². The molecule has 2 aromatic heterocycles. The highest BCUT2D eigenvalue weighted by Crippen LogP contribution is 2.43. The lowest BCUT2D eigenvalue weighted by atomic mass is 9.90. The summed E-state index contributed by atoms with van der Waals surface area (Å²) in [5, 5.41) is 6.47. The van der Waals surface area contributed by atoms with Crippen molar-refractivity contribution < 1.29 is 18.8 Å². The maximum absolute atomic E-state index is 11.9. The van der Waals surface area contributed by atoms with Gasteiger partial charge in [-0.15, -0.1) is 11.3 Å². The number of carbonyl (C=O) groups is 1. The molecular formula is C27H26N2O4S. The molecule has 3 heterocycles. The average molecular weight is 475 g/mol. The molecule has 2 aromatic carbocycles. The van der Waals surface area contributed by atoms with Gasteiger partial charge in [-0.1, -0.05) is 60.7 Å². The Morgan fingerprint density at radius 2 is 1.76 bits per heavy atom. The normalized spacial score (nSPS) is 14.2. The van der Waals surface area contributed by atoms with Crippen LogP contribution in [0.25, 0.3) is 21.6 Å². The highest BCUT2D eigenvalue weighted by atomic mass is 32.1. The van der Waals surface area contributed by atoms with Crippen LogP contribution in [0.4, 0.5) is 4.79 Å². The van der Waals surface area contributed by atoms with Crippen LogP contribution in [0, 0.1) is 0 Å². The van der Waals surface area contributed by atoms with E-state index in [9.17, 15) is 4.79 Å². The highest BCUT2D eigenvalue weighted by molar-refractivity contribution is 7.14. The van der Waals surface area contributed by atoms with Gasteiger partial charge in [-0.05, 0) is 40.6 Å². The van der Waals surface area contributed by atoms with Crippen molar-refractivity contribution in [3.05, 3.63) is 83.4 Å². The average Bonchev–Trinajstić information content (AvgIpc) is 3.55. The number of piperidine rings is 1. The molecule has 1 aliphatic heterocycles. The zero-order chi connectivity index (χ0) is 23.3. The SMILES string of the molecule is COC(=O)N1CCC(c2onc(OCc3ccccc3)c2-c2csc(-c3ccccc3)c2)CC1. The summed E-state index contributed by atoms with van der Waals surface area (Å²) in [5.41, 5.74) is 4.19. The van der Waals surface area contributed by atoms with Crippen LogP contribution in [0.5, 0.6) is 5.88 Å². The van der Waals surface area contributed by atoms with Gasteiger partial charge >= 0.3 is 6.09 Å². The van der Waals surface area contributed by atoms with E-state index in [-0.39, 0.29) is 12.0 Å². The molecule has 7 heteroatoms. The minimum atomic E-state index is -0.284. The number of rotatable bonds is 6. The minimum absolute atomic E-state index is 0.151. The lowest BCUT2D eigenvalue weighted by Gasteiger charge is -2.29. The third-order valence-electron chi connectivity index (χ3n) is 6.15. The van der Waals surface area contributed by atoms with Crippen LogP contribution in [-0.2, 0) is 11.3 Å². The molecule has 1 fully saturated rings. The topological polar surface area (TPSA) is 64.8 Å². The first-order chi connectivity index (χ1) is 16.7. The number of amides is 1. The van der Waals surface area contributed by atoms with Gasteiger partial charge in [0.05, 0.1) is 12.7 Å². The van der Waals surface area contributed by atoms with E-state index in [0.717, 1.165) is 35.3 Å². The molecule has 1 aliphatic rings. The van der Waals surface area contributed by atoms with Crippen LogP contribution in [0.15, 0.2) is 76.6 Å². The zero-order valence-corrected chi connectivity index (χ0v) is 19.8. The number of hydrogen-bond acceptors (Lipinski definition) is 6. The van der Waals surface area contributed by atoms with Crippen LogP contribution >= 0.6 is 11.3 Å². The molecule has 0 saturated carbocycles. The van der Waals surface area contributed by atoms with E-state index < -0.39 is 0 Å². The largest absolute Gasteiger partial charge is 0.470 e. The molecule has 5 rings (SSSR count). The van der Waals surface area contributed by atoms with Gasteiger partial charge in [-0.3, -0.25) is 0 Å². The van der Waals surface area contributed by atoms with Gasteiger partial charge in [0.1, 0.15) is 6.61 Å². The Hall–Kier alpha value is -3.58. The molecule has 0 atom stereocenters. The second-order valence-corrected chi connectivity index (χ2v) is 9.21. The first kappa shape index (κ1) is 22.2. The van der Waals surface area contributed by atoms with Crippen LogP contribution < -0.4 is 4.74 Å². The molecule has 1 amide bonds. The number of carbonyl (C=O) groups excluding carboxylic acids is 1. The molecule has 0 aliphatic carbocycles. The Kier molecular flexibility index (Phi) is 6.62. The van der Waals surface area contributed by atoms with Gasteiger partial charge < -0.3 is 18.9 Å². The third-order valence-corrected chi connectivity index (χ3v) is 7.13. The number of hydrogen-bond donors (Lipinski definition) is 0. The van der Waals surface area contributed by atoms with Gasteiger partial charge in [-0.2, -0.15) is 0 Å². The number of likely N-dealkylation sites (tertiary alicyclic amines) is 1. The summed E-state index contributed by atoms with van der Waals surface area (Å²) in [6, 6.07) is 22.5. The number of thiophene rings is 1.